The number of nitrogens with zero attached hydrogens (tertiary/aromatic N) is 2. The van der Waals surface area contributed by atoms with Crippen LogP contribution in [0, 0.1) is 10.8 Å². The molecule has 0 N–H and O–H groups in total. The van der Waals surface area contributed by atoms with Crippen LogP contribution in [0.3, 0.4) is 0 Å². The monoisotopic (exact) mass is 280 g/mol. The molecule has 0 aromatic rings. The molecular weight excluding hydrogens is 244 g/mol. The fourth-order valence-corrected chi connectivity index (χ4v) is 2.25. The molecule has 0 amide bonds. The van der Waals surface area contributed by atoms with E-state index in [1.807, 2.05) is 0 Å². The van der Waals surface area contributed by atoms with Gasteiger partial charge in [0.1, 0.15) is 0 Å². The molecule has 1 unspecified atom stereocenters. The van der Waals surface area contributed by atoms with Crippen LogP contribution in [0.1, 0.15) is 81.6 Å². The first kappa shape index (κ1) is 19.3. The summed E-state index contributed by atoms with van der Waals surface area (Å²) in [5.41, 5.74) is 0.208. The summed E-state index contributed by atoms with van der Waals surface area (Å²) in [6, 6.07) is 0.273. The molecule has 0 radical (unpaired) electrons. The Bertz CT molecular complexity index is 322. The Morgan fingerprint density at radius 2 is 1.25 bits per heavy atom. The first-order valence-corrected chi connectivity index (χ1v) is 8.10. The van der Waals surface area contributed by atoms with Crippen LogP contribution in [0.2, 0.25) is 0 Å². The summed E-state index contributed by atoms with van der Waals surface area (Å²) in [6.07, 6.45) is 7.34. The van der Waals surface area contributed by atoms with E-state index < -0.39 is 0 Å². The normalized spacial score (nSPS) is 16.2. The van der Waals surface area contributed by atoms with Gasteiger partial charge in [0.15, 0.2) is 0 Å². The van der Waals surface area contributed by atoms with Crippen LogP contribution in [-0.4, -0.2) is 24.0 Å². The van der Waals surface area contributed by atoms with Crippen LogP contribution in [0.5, 0.6) is 0 Å². The molecule has 0 saturated heterocycles. The van der Waals surface area contributed by atoms with Crippen LogP contribution in [0.4, 0.5) is 0 Å². The molecule has 1 atom stereocenters. The van der Waals surface area contributed by atoms with Crippen molar-refractivity contribution in [1.29, 1.82) is 0 Å². The van der Waals surface area contributed by atoms with Crippen LogP contribution in [-0.2, 0) is 0 Å². The molecule has 0 aliphatic heterocycles. The van der Waals surface area contributed by atoms with Gasteiger partial charge in [0, 0.05) is 12.4 Å². The van der Waals surface area contributed by atoms with E-state index >= 15 is 0 Å². The highest BCUT2D eigenvalue weighted by atomic mass is 15.0. The van der Waals surface area contributed by atoms with E-state index in [9.17, 15) is 0 Å². The molecule has 0 saturated carbocycles. The van der Waals surface area contributed by atoms with Crippen LogP contribution in [0.15, 0.2) is 9.98 Å². The molecule has 0 bridgehead atoms. The quantitative estimate of drug-likeness (QED) is 0.569. The van der Waals surface area contributed by atoms with Crippen molar-refractivity contribution in [3.8, 4) is 0 Å². The lowest BCUT2D eigenvalue weighted by atomic mass is 9.83. The summed E-state index contributed by atoms with van der Waals surface area (Å²) in [7, 11) is 0. The molecule has 0 fully saturated rings. The van der Waals surface area contributed by atoms with E-state index in [4.69, 9.17) is 9.98 Å². The molecule has 118 valence electrons. The van der Waals surface area contributed by atoms with Gasteiger partial charge in [0.2, 0.25) is 0 Å². The van der Waals surface area contributed by atoms with E-state index in [1.54, 1.807) is 0 Å². The van der Waals surface area contributed by atoms with Gasteiger partial charge in [0.25, 0.3) is 0 Å². The minimum absolute atomic E-state index is 0.0518. The second-order valence-corrected chi connectivity index (χ2v) is 8.00. The van der Waals surface area contributed by atoms with E-state index in [1.165, 1.54) is 0 Å². The van der Waals surface area contributed by atoms with Crippen molar-refractivity contribution in [2.75, 3.05) is 0 Å². The lowest BCUT2D eigenvalue weighted by molar-refractivity contribution is 0.316. The summed E-state index contributed by atoms with van der Waals surface area (Å²) in [6.45, 7) is 19.9. The maximum Gasteiger partial charge on any atom is 0.0821 e. The van der Waals surface area contributed by atoms with E-state index in [0.29, 0.717) is 0 Å². The van der Waals surface area contributed by atoms with E-state index in [0.717, 1.165) is 19.3 Å². The Hall–Kier alpha value is -0.660. The van der Waals surface area contributed by atoms with E-state index in [2.05, 4.69) is 74.7 Å². The van der Waals surface area contributed by atoms with Crippen LogP contribution >= 0.6 is 0 Å². The molecule has 0 rings (SSSR count). The molecule has 0 aliphatic carbocycles. The second-order valence-electron chi connectivity index (χ2n) is 8.00. The van der Waals surface area contributed by atoms with Crippen molar-refractivity contribution in [1.82, 2.24) is 0 Å². The van der Waals surface area contributed by atoms with E-state index in [-0.39, 0.29) is 22.4 Å². The van der Waals surface area contributed by atoms with Crippen LogP contribution < -0.4 is 0 Å². The minimum atomic E-state index is -0.0518. The predicted octanol–water partition coefficient (Wildman–Crippen LogP) is 5.56. The Morgan fingerprint density at radius 3 is 1.55 bits per heavy atom. The first-order valence-electron chi connectivity index (χ1n) is 8.10. The Kier molecular flexibility index (Phi) is 7.13. The van der Waals surface area contributed by atoms with Crippen molar-refractivity contribution in [2.45, 2.75) is 93.2 Å². The van der Waals surface area contributed by atoms with Gasteiger partial charge in [-0.1, -0.05) is 62.3 Å². The highest BCUT2D eigenvalue weighted by Crippen LogP contribution is 2.30. The lowest BCUT2D eigenvalue weighted by Crippen LogP contribution is -2.39. The number of hydrogen-bond acceptors (Lipinski definition) is 2. The molecule has 20 heavy (non-hydrogen) atoms. The topological polar surface area (TPSA) is 24.7 Å². The van der Waals surface area contributed by atoms with Gasteiger partial charge in [-0.3, -0.25) is 9.98 Å². The molecule has 2 nitrogen and oxygen atoms in total. The maximum absolute atomic E-state index is 5.00. The molecular formula is C18H36N2. The van der Waals surface area contributed by atoms with Crippen molar-refractivity contribution < 1.29 is 0 Å². The standard InChI is InChI=1S/C18H36N2/c1-10-15(19-13-16(4,5)6)18(11-2,12-3)20-14-17(7,8)9/h13-15H,10-12H2,1-9H3/b19-13+,20-14+. The smallest absolute Gasteiger partial charge is 0.0821 e. The Balaban J connectivity index is 5.40. The van der Waals surface area contributed by atoms with Gasteiger partial charge in [0.05, 0.1) is 11.6 Å². The molecule has 0 spiro atoms. The van der Waals surface area contributed by atoms with Crippen molar-refractivity contribution in [3.05, 3.63) is 0 Å². The Labute approximate surface area is 127 Å². The SMILES string of the molecule is CCC(/N=C/C(C)(C)C)C(CC)(CC)/N=C/C(C)(C)C. The summed E-state index contributed by atoms with van der Waals surface area (Å²) < 4.78 is 0. The third kappa shape index (κ3) is 6.67. The average molecular weight is 280 g/mol. The van der Waals surface area contributed by atoms with Gasteiger partial charge < -0.3 is 0 Å². The minimum Gasteiger partial charge on any atom is -0.291 e. The highest BCUT2D eigenvalue weighted by molar-refractivity contribution is 5.66. The van der Waals surface area contributed by atoms with Gasteiger partial charge in [-0.2, -0.15) is 0 Å². The summed E-state index contributed by atoms with van der Waals surface area (Å²) in [4.78, 5) is 9.89. The number of rotatable bonds is 6. The van der Waals surface area contributed by atoms with Crippen molar-refractivity contribution >= 4 is 12.4 Å². The predicted molar refractivity (Wildman–Crippen MR) is 93.3 cm³/mol. The molecule has 2 heteroatoms. The molecule has 0 aliphatic rings. The van der Waals surface area contributed by atoms with Crippen molar-refractivity contribution in [3.63, 3.8) is 0 Å². The zero-order valence-electron chi connectivity index (χ0n) is 15.2. The Morgan fingerprint density at radius 1 is 0.800 bits per heavy atom. The second kappa shape index (κ2) is 7.38. The third-order valence-corrected chi connectivity index (χ3v) is 3.58. The zero-order chi connectivity index (χ0) is 16.0. The lowest BCUT2D eigenvalue weighted by Gasteiger charge is -2.34. The number of hydrogen-bond donors (Lipinski definition) is 0. The van der Waals surface area contributed by atoms with Gasteiger partial charge >= 0.3 is 0 Å². The highest BCUT2D eigenvalue weighted by Gasteiger charge is 2.34. The number of aliphatic imine (C=N–C) groups is 2. The van der Waals surface area contributed by atoms with Crippen molar-refractivity contribution in [2.24, 2.45) is 20.8 Å². The summed E-state index contributed by atoms with van der Waals surface area (Å²) in [5, 5.41) is 0. The largest absolute Gasteiger partial charge is 0.291 e. The first-order chi connectivity index (χ1) is 8.99. The van der Waals surface area contributed by atoms with Gasteiger partial charge in [-0.15, -0.1) is 0 Å². The van der Waals surface area contributed by atoms with Gasteiger partial charge in [-0.25, -0.2) is 0 Å². The average Bonchev–Trinajstić information content (AvgIpc) is 2.31. The fraction of sp³-hybridized carbons (Fsp3) is 0.889. The third-order valence-electron chi connectivity index (χ3n) is 3.58. The summed E-state index contributed by atoms with van der Waals surface area (Å²) >= 11 is 0. The molecule has 0 heterocycles. The maximum atomic E-state index is 5.00. The van der Waals surface area contributed by atoms with Crippen LogP contribution in [0.25, 0.3) is 0 Å². The molecule has 0 aromatic heterocycles. The molecule has 0 aromatic carbocycles. The fourth-order valence-electron chi connectivity index (χ4n) is 2.25. The van der Waals surface area contributed by atoms with Gasteiger partial charge in [-0.05, 0) is 30.1 Å². The summed E-state index contributed by atoms with van der Waals surface area (Å²) in [5.74, 6) is 0. The zero-order valence-corrected chi connectivity index (χ0v) is 15.2.